The second kappa shape index (κ2) is 6.10. The average Bonchev–Trinajstić information content (AvgIpc) is 3.12. The number of fused-ring (bicyclic) bond motifs is 1. The number of nitrogens with zero attached hydrogens (tertiary/aromatic N) is 3. The van der Waals surface area contributed by atoms with Crippen molar-refractivity contribution in [3.8, 4) is 0 Å². The zero-order valence-corrected chi connectivity index (χ0v) is 14.1. The molecule has 5 nitrogen and oxygen atoms in total. The predicted octanol–water partition coefficient (Wildman–Crippen LogP) is 3.99. The highest BCUT2D eigenvalue weighted by molar-refractivity contribution is 7.99. The summed E-state index contributed by atoms with van der Waals surface area (Å²) in [7, 11) is 2.91. The molecule has 0 amide bonds. The molecule has 0 aliphatic carbocycles. The molecule has 3 rings (SSSR count). The lowest BCUT2D eigenvalue weighted by Gasteiger charge is -2.10. The van der Waals surface area contributed by atoms with Crippen molar-refractivity contribution in [3.05, 3.63) is 34.4 Å². The number of alkyl halides is 3. The van der Waals surface area contributed by atoms with Gasteiger partial charge in [0, 0.05) is 35.1 Å². The van der Waals surface area contributed by atoms with Crippen LogP contribution in [0.1, 0.15) is 15.4 Å². The first-order valence-corrected chi connectivity index (χ1v) is 8.24. The lowest BCUT2D eigenvalue weighted by Crippen LogP contribution is -2.09. The Kier molecular flexibility index (Phi) is 4.26. The Morgan fingerprint density at radius 2 is 2.17 bits per heavy atom. The molecular formula is C14H10F3N3O2S2. The summed E-state index contributed by atoms with van der Waals surface area (Å²) in [5, 5.41) is 2.59. The van der Waals surface area contributed by atoms with Gasteiger partial charge in [-0.2, -0.15) is 13.2 Å². The maximum absolute atomic E-state index is 13.2. The van der Waals surface area contributed by atoms with Crippen LogP contribution >= 0.6 is 23.1 Å². The Labute approximate surface area is 142 Å². The third-order valence-corrected chi connectivity index (χ3v) is 5.25. The standard InChI is InChI=1S/C14H10F3N3O2S2/c1-20-4-3-18-13(20)24-8-5-9(14(15,16)17)19-10-7(8)6-23-11(10)12(21)22-2/h3-6H,1-2H3. The Morgan fingerprint density at radius 1 is 1.42 bits per heavy atom. The summed E-state index contributed by atoms with van der Waals surface area (Å²) < 4.78 is 45.8. The van der Waals surface area contributed by atoms with E-state index in [0.29, 0.717) is 15.4 Å². The molecule has 24 heavy (non-hydrogen) atoms. The number of pyridine rings is 1. The highest BCUT2D eigenvalue weighted by Crippen LogP contribution is 2.40. The van der Waals surface area contributed by atoms with Gasteiger partial charge in [-0.25, -0.2) is 14.8 Å². The van der Waals surface area contributed by atoms with Crippen LogP contribution < -0.4 is 0 Å². The number of carbonyl (C=O) groups excluding carboxylic acids is 1. The van der Waals surface area contributed by atoms with Crippen molar-refractivity contribution in [2.24, 2.45) is 7.05 Å². The van der Waals surface area contributed by atoms with Crippen LogP contribution in [0.3, 0.4) is 0 Å². The van der Waals surface area contributed by atoms with Gasteiger partial charge in [0.25, 0.3) is 0 Å². The van der Waals surface area contributed by atoms with Gasteiger partial charge in [-0.15, -0.1) is 11.3 Å². The molecule has 3 aromatic heterocycles. The molecular weight excluding hydrogens is 363 g/mol. The maximum atomic E-state index is 13.2. The Morgan fingerprint density at radius 3 is 2.75 bits per heavy atom. The molecule has 0 bridgehead atoms. The van der Waals surface area contributed by atoms with Crippen LogP contribution in [-0.2, 0) is 18.0 Å². The van der Waals surface area contributed by atoms with Crippen LogP contribution in [0, 0.1) is 0 Å². The van der Waals surface area contributed by atoms with E-state index < -0.39 is 17.8 Å². The predicted molar refractivity (Wildman–Crippen MR) is 83.3 cm³/mol. The van der Waals surface area contributed by atoms with Gasteiger partial charge in [-0.1, -0.05) is 11.8 Å². The SMILES string of the molecule is COC(=O)c1scc2c(Sc3nccn3C)cc(C(F)(F)F)nc12. The zero-order valence-electron chi connectivity index (χ0n) is 12.4. The molecule has 0 fully saturated rings. The van der Waals surface area contributed by atoms with Gasteiger partial charge in [0.1, 0.15) is 10.6 Å². The molecule has 0 unspecified atom stereocenters. The molecule has 126 valence electrons. The third kappa shape index (κ3) is 2.98. The molecule has 0 spiro atoms. The Hall–Kier alpha value is -2.07. The second-order valence-corrected chi connectivity index (χ2v) is 6.63. The fraction of sp³-hybridized carbons (Fsp3) is 0.214. The number of hydrogen-bond donors (Lipinski definition) is 0. The molecule has 0 aromatic carbocycles. The number of hydrogen-bond acceptors (Lipinski definition) is 6. The highest BCUT2D eigenvalue weighted by Gasteiger charge is 2.34. The van der Waals surface area contributed by atoms with Crippen LogP contribution in [0.2, 0.25) is 0 Å². The molecule has 0 aliphatic heterocycles. The minimum absolute atomic E-state index is 0.0154. The number of carbonyl (C=O) groups is 1. The molecule has 10 heteroatoms. The molecule has 0 saturated heterocycles. The lowest BCUT2D eigenvalue weighted by atomic mass is 10.2. The first kappa shape index (κ1) is 16.8. The highest BCUT2D eigenvalue weighted by atomic mass is 32.2. The minimum atomic E-state index is -4.62. The normalized spacial score (nSPS) is 11.9. The summed E-state index contributed by atoms with van der Waals surface area (Å²) in [4.78, 5) is 19.9. The number of thiophene rings is 1. The number of aryl methyl sites for hydroxylation is 1. The van der Waals surface area contributed by atoms with E-state index >= 15 is 0 Å². The van der Waals surface area contributed by atoms with Crippen LogP contribution in [-0.4, -0.2) is 27.6 Å². The zero-order chi connectivity index (χ0) is 17.5. The summed E-state index contributed by atoms with van der Waals surface area (Å²) in [5.41, 5.74) is -1.08. The first-order valence-electron chi connectivity index (χ1n) is 6.54. The largest absolute Gasteiger partial charge is 0.465 e. The van der Waals surface area contributed by atoms with Crippen molar-refractivity contribution in [1.29, 1.82) is 0 Å². The molecule has 0 radical (unpaired) electrons. The van der Waals surface area contributed by atoms with Gasteiger partial charge in [0.15, 0.2) is 5.16 Å². The van der Waals surface area contributed by atoms with Crippen molar-refractivity contribution in [2.75, 3.05) is 7.11 Å². The van der Waals surface area contributed by atoms with Gasteiger partial charge in [-0.05, 0) is 6.07 Å². The molecule has 0 N–H and O–H groups in total. The van der Waals surface area contributed by atoms with Crippen LogP contribution in [0.25, 0.3) is 10.9 Å². The number of halogens is 3. The van der Waals surface area contributed by atoms with Crippen LogP contribution in [0.5, 0.6) is 0 Å². The van der Waals surface area contributed by atoms with E-state index in [-0.39, 0.29) is 10.4 Å². The second-order valence-electron chi connectivity index (χ2n) is 4.74. The fourth-order valence-corrected chi connectivity index (χ4v) is 3.95. The van der Waals surface area contributed by atoms with Gasteiger partial charge >= 0.3 is 12.1 Å². The number of aromatic nitrogens is 3. The Bertz CT molecular complexity index is 918. The van der Waals surface area contributed by atoms with Crippen LogP contribution in [0.4, 0.5) is 13.2 Å². The van der Waals surface area contributed by atoms with Crippen molar-refractivity contribution in [3.63, 3.8) is 0 Å². The van der Waals surface area contributed by atoms with E-state index in [1.54, 1.807) is 29.4 Å². The van der Waals surface area contributed by atoms with E-state index in [0.717, 1.165) is 29.2 Å². The van der Waals surface area contributed by atoms with E-state index in [9.17, 15) is 18.0 Å². The minimum Gasteiger partial charge on any atom is -0.465 e. The topological polar surface area (TPSA) is 57.0 Å². The van der Waals surface area contributed by atoms with Gasteiger partial charge in [0.05, 0.1) is 12.6 Å². The quantitative estimate of drug-likeness (QED) is 0.650. The van der Waals surface area contributed by atoms with Gasteiger partial charge < -0.3 is 9.30 Å². The number of methoxy groups -OCH3 is 1. The maximum Gasteiger partial charge on any atom is 0.433 e. The van der Waals surface area contributed by atoms with Gasteiger partial charge in [0.2, 0.25) is 0 Å². The average molecular weight is 373 g/mol. The molecule has 0 atom stereocenters. The first-order chi connectivity index (χ1) is 11.3. The smallest absolute Gasteiger partial charge is 0.433 e. The number of ether oxygens (including phenoxy) is 1. The van der Waals surface area contributed by atoms with E-state index in [1.807, 2.05) is 0 Å². The summed E-state index contributed by atoms with van der Waals surface area (Å²) in [6, 6.07) is 0.968. The lowest BCUT2D eigenvalue weighted by molar-refractivity contribution is -0.141. The summed E-state index contributed by atoms with van der Waals surface area (Å²) >= 11 is 2.08. The van der Waals surface area contributed by atoms with Crippen molar-refractivity contribution in [1.82, 2.24) is 14.5 Å². The number of imidazole rings is 1. The van der Waals surface area contributed by atoms with Crippen molar-refractivity contribution < 1.29 is 22.7 Å². The van der Waals surface area contributed by atoms with Gasteiger partial charge in [-0.3, -0.25) is 0 Å². The molecule has 3 aromatic rings. The summed E-state index contributed by atoms with van der Waals surface area (Å²) in [6.07, 6.45) is -1.38. The van der Waals surface area contributed by atoms with E-state index in [4.69, 9.17) is 0 Å². The third-order valence-electron chi connectivity index (χ3n) is 3.17. The summed E-state index contributed by atoms with van der Waals surface area (Å²) in [5.74, 6) is -0.713. The van der Waals surface area contributed by atoms with Crippen molar-refractivity contribution >= 4 is 40.0 Å². The monoisotopic (exact) mass is 373 g/mol. The van der Waals surface area contributed by atoms with E-state index in [2.05, 4.69) is 14.7 Å². The number of rotatable bonds is 3. The number of esters is 1. The van der Waals surface area contributed by atoms with Crippen molar-refractivity contribution in [2.45, 2.75) is 16.2 Å². The molecule has 0 saturated carbocycles. The summed E-state index contributed by atoms with van der Waals surface area (Å²) in [6.45, 7) is 0. The Balaban J connectivity index is 2.21. The molecule has 3 heterocycles. The fourth-order valence-electron chi connectivity index (χ4n) is 2.01. The van der Waals surface area contributed by atoms with Crippen LogP contribution in [0.15, 0.2) is 33.9 Å². The molecule has 0 aliphatic rings. The van der Waals surface area contributed by atoms with E-state index in [1.165, 1.54) is 7.11 Å².